The molecule has 34 heavy (non-hydrogen) atoms. The molecule has 10 heteroatoms. The number of likely N-dealkylation sites (N-methyl/N-ethyl adjacent to an activating group) is 1. The predicted octanol–water partition coefficient (Wildman–Crippen LogP) is 3.60. The zero-order chi connectivity index (χ0) is 23.6. The van der Waals surface area contributed by atoms with E-state index < -0.39 is 11.5 Å². The van der Waals surface area contributed by atoms with Gasteiger partial charge in [-0.3, -0.25) is 10.4 Å². The molecule has 1 saturated carbocycles. The Labute approximate surface area is 198 Å². The summed E-state index contributed by atoms with van der Waals surface area (Å²) in [6.07, 6.45) is 3.92. The van der Waals surface area contributed by atoms with Gasteiger partial charge in [-0.15, -0.1) is 0 Å². The highest BCUT2D eigenvalue weighted by molar-refractivity contribution is 6.32. The fraction of sp³-hybridized carbons (Fsp3) is 0.250. The molecule has 0 saturated heterocycles. The summed E-state index contributed by atoms with van der Waals surface area (Å²) >= 11 is 6.15. The van der Waals surface area contributed by atoms with Crippen molar-refractivity contribution in [1.82, 2.24) is 24.4 Å². The van der Waals surface area contributed by atoms with Crippen molar-refractivity contribution in [2.24, 2.45) is 0 Å². The van der Waals surface area contributed by atoms with E-state index in [0.29, 0.717) is 16.7 Å². The molecule has 2 aliphatic rings. The Hall–Kier alpha value is -3.56. The molecule has 172 valence electrons. The van der Waals surface area contributed by atoms with Gasteiger partial charge in [0.15, 0.2) is 5.65 Å². The van der Waals surface area contributed by atoms with Crippen LogP contribution in [0.4, 0.5) is 16.0 Å². The molecule has 0 radical (unpaired) electrons. The van der Waals surface area contributed by atoms with Crippen LogP contribution in [0.2, 0.25) is 5.02 Å². The number of rotatable bonds is 3. The summed E-state index contributed by atoms with van der Waals surface area (Å²) in [5, 5.41) is 12.2. The van der Waals surface area contributed by atoms with Crippen molar-refractivity contribution in [2.45, 2.75) is 24.8 Å². The lowest BCUT2D eigenvalue weighted by Crippen LogP contribution is -2.35. The lowest BCUT2D eigenvalue weighted by molar-refractivity contribution is 0.271. The molecule has 2 aromatic carbocycles. The van der Waals surface area contributed by atoms with Gasteiger partial charge < -0.3 is 10.2 Å². The number of nitrogens with one attached hydrogen (secondary N) is 3. The molecule has 1 aliphatic carbocycles. The van der Waals surface area contributed by atoms with E-state index in [2.05, 4.69) is 44.3 Å². The molecule has 6 rings (SSSR count). The Morgan fingerprint density at radius 2 is 2.06 bits per heavy atom. The number of fused-ring (bicyclic) bond motifs is 3. The Bertz CT molecular complexity index is 1590. The summed E-state index contributed by atoms with van der Waals surface area (Å²) in [6.45, 7) is 1.99. The van der Waals surface area contributed by atoms with E-state index in [1.54, 1.807) is 0 Å². The minimum Gasteiger partial charge on any atom is -0.324 e. The van der Waals surface area contributed by atoms with Gasteiger partial charge in [0.2, 0.25) is 5.95 Å². The van der Waals surface area contributed by atoms with Crippen molar-refractivity contribution < 1.29 is 4.39 Å². The van der Waals surface area contributed by atoms with Gasteiger partial charge in [0.05, 0.1) is 16.1 Å². The first-order chi connectivity index (χ1) is 16.3. The average molecular weight is 478 g/mol. The lowest BCUT2D eigenvalue weighted by Gasteiger charge is -2.32. The summed E-state index contributed by atoms with van der Waals surface area (Å²) in [5.74, 6) is -0.264. The molecule has 4 aromatic rings. The molecule has 0 amide bonds. The first-order valence-electron chi connectivity index (χ1n) is 10.9. The summed E-state index contributed by atoms with van der Waals surface area (Å²) < 4.78 is 14.8. The highest BCUT2D eigenvalue weighted by Gasteiger charge is 2.48. The maximum absolute atomic E-state index is 13.8. The molecule has 1 fully saturated rings. The number of hydrogen-bond acceptors (Lipinski definition) is 6. The van der Waals surface area contributed by atoms with Crippen LogP contribution in [0.1, 0.15) is 24.0 Å². The van der Waals surface area contributed by atoms with Gasteiger partial charge in [0.1, 0.15) is 11.3 Å². The second kappa shape index (κ2) is 7.48. The van der Waals surface area contributed by atoms with E-state index in [0.717, 1.165) is 29.4 Å². The number of halogens is 2. The lowest BCUT2D eigenvalue weighted by atomic mass is 9.87. The second-order valence-corrected chi connectivity index (χ2v) is 9.52. The highest BCUT2D eigenvalue weighted by atomic mass is 35.5. The van der Waals surface area contributed by atoms with Crippen molar-refractivity contribution >= 4 is 34.3 Å². The van der Waals surface area contributed by atoms with Gasteiger partial charge in [0.25, 0.3) is 0 Å². The number of H-pyrrole nitrogens is 1. The van der Waals surface area contributed by atoms with Crippen molar-refractivity contribution in [3.8, 4) is 5.69 Å². The summed E-state index contributed by atoms with van der Waals surface area (Å²) in [6, 6.07) is 9.98. The predicted molar refractivity (Wildman–Crippen MR) is 127 cm³/mol. The van der Waals surface area contributed by atoms with Crippen LogP contribution < -0.4 is 16.5 Å². The van der Waals surface area contributed by atoms with Crippen LogP contribution in [0.3, 0.4) is 0 Å². The molecule has 1 spiro atoms. The normalized spacial score (nSPS) is 16.6. The summed E-state index contributed by atoms with van der Waals surface area (Å²) in [7, 11) is 2.15. The van der Waals surface area contributed by atoms with Crippen LogP contribution in [-0.4, -0.2) is 38.0 Å². The van der Waals surface area contributed by atoms with Gasteiger partial charge in [0, 0.05) is 30.4 Å². The van der Waals surface area contributed by atoms with Crippen LogP contribution >= 0.6 is 11.6 Å². The molecule has 3 heterocycles. The van der Waals surface area contributed by atoms with Crippen molar-refractivity contribution in [1.29, 1.82) is 5.41 Å². The van der Waals surface area contributed by atoms with Crippen LogP contribution in [0.25, 0.3) is 16.7 Å². The molecule has 3 N–H and O–H groups in total. The molecular formula is C24H21ClFN7O. The molecule has 8 nitrogen and oxygen atoms in total. The molecule has 0 unspecified atom stereocenters. The standard InChI is InChI=1S/C24H21ClFN7O/c1-32-11-13-8-15(3-4-17(13)24(12-32)6-7-24)29-22-28-10-16-20(27)33(23(34)31-21(16)30-22)19-9-14(26)2-5-18(19)25/h2-5,8-10,27H,6-7,11-12H2,1H3,(H2,28,29,30,31,34). The molecule has 0 atom stereocenters. The van der Waals surface area contributed by atoms with E-state index in [1.165, 1.54) is 42.3 Å². The number of anilines is 2. The fourth-order valence-corrected chi connectivity index (χ4v) is 5.15. The Balaban J connectivity index is 1.37. The third-order valence-electron chi connectivity index (χ3n) is 6.64. The van der Waals surface area contributed by atoms with E-state index in [4.69, 9.17) is 17.0 Å². The van der Waals surface area contributed by atoms with Crippen LogP contribution in [0.5, 0.6) is 0 Å². The smallest absolute Gasteiger partial charge is 0.324 e. The first kappa shape index (κ1) is 21.0. The van der Waals surface area contributed by atoms with Crippen LogP contribution in [-0.2, 0) is 12.0 Å². The van der Waals surface area contributed by atoms with Crippen LogP contribution in [0.15, 0.2) is 47.4 Å². The van der Waals surface area contributed by atoms with Gasteiger partial charge in [-0.1, -0.05) is 17.7 Å². The Kier molecular flexibility index (Phi) is 4.62. The van der Waals surface area contributed by atoms with E-state index in [1.807, 2.05) is 6.07 Å². The third-order valence-corrected chi connectivity index (χ3v) is 6.96. The Morgan fingerprint density at radius 1 is 1.24 bits per heavy atom. The highest BCUT2D eigenvalue weighted by Crippen LogP contribution is 2.52. The summed E-state index contributed by atoms with van der Waals surface area (Å²) in [4.78, 5) is 26.5. The maximum atomic E-state index is 13.8. The zero-order valence-electron chi connectivity index (χ0n) is 18.3. The van der Waals surface area contributed by atoms with Crippen LogP contribution in [0, 0.1) is 11.2 Å². The fourth-order valence-electron chi connectivity index (χ4n) is 4.95. The number of hydrogen-bond donors (Lipinski definition) is 3. The van der Waals surface area contributed by atoms with E-state index >= 15 is 0 Å². The van der Waals surface area contributed by atoms with Crippen molar-refractivity contribution in [3.05, 3.63) is 80.5 Å². The zero-order valence-corrected chi connectivity index (χ0v) is 19.1. The quantitative estimate of drug-likeness (QED) is 0.418. The first-order valence-corrected chi connectivity index (χ1v) is 11.3. The average Bonchev–Trinajstić information content (AvgIpc) is 3.55. The molecular weight excluding hydrogens is 457 g/mol. The van der Waals surface area contributed by atoms with Gasteiger partial charge in [-0.2, -0.15) is 4.98 Å². The maximum Gasteiger partial charge on any atom is 0.333 e. The van der Waals surface area contributed by atoms with E-state index in [-0.39, 0.29) is 21.8 Å². The minimum atomic E-state index is -0.652. The van der Waals surface area contributed by atoms with Crippen molar-refractivity contribution in [2.75, 3.05) is 18.9 Å². The van der Waals surface area contributed by atoms with Crippen molar-refractivity contribution in [3.63, 3.8) is 0 Å². The van der Waals surface area contributed by atoms with E-state index in [9.17, 15) is 9.18 Å². The SMILES string of the molecule is CN1Cc2cc(Nc3ncc4c(=N)n(-c5cc(F)ccc5Cl)c(=O)[nH]c4n3)ccc2C2(CC2)C1. The number of benzene rings is 2. The molecule has 2 aromatic heterocycles. The molecule has 0 bridgehead atoms. The monoisotopic (exact) mass is 477 g/mol. The largest absolute Gasteiger partial charge is 0.333 e. The third kappa shape index (κ3) is 3.39. The number of aromatic nitrogens is 4. The number of aromatic amines is 1. The second-order valence-electron chi connectivity index (χ2n) is 9.12. The molecule has 1 aliphatic heterocycles. The van der Waals surface area contributed by atoms with Gasteiger partial charge >= 0.3 is 5.69 Å². The Morgan fingerprint density at radius 3 is 2.85 bits per heavy atom. The number of nitrogens with zero attached hydrogens (tertiary/aromatic N) is 4. The topological polar surface area (TPSA) is 103 Å². The van der Waals surface area contributed by atoms with Gasteiger partial charge in [-0.25, -0.2) is 18.7 Å². The summed E-state index contributed by atoms with van der Waals surface area (Å²) in [5.41, 5.74) is 3.33. The van der Waals surface area contributed by atoms with Gasteiger partial charge in [-0.05, 0) is 61.3 Å². The minimum absolute atomic E-state index is 0.0736.